The molecular weight excluding hydrogens is 843 g/mol. The monoisotopic (exact) mass is 907 g/mol. The highest BCUT2D eigenvalue weighted by molar-refractivity contribution is 7.80. The maximum atomic E-state index is 13.9. The van der Waals surface area contributed by atoms with Crippen molar-refractivity contribution in [2.45, 2.75) is 114 Å². The maximum absolute atomic E-state index is 13.9. The zero-order valence-electron chi connectivity index (χ0n) is 34.3. The molecule has 24 heteroatoms. The van der Waals surface area contributed by atoms with Crippen LogP contribution in [0.25, 0.3) is 0 Å². The number of amides is 8. The van der Waals surface area contributed by atoms with Gasteiger partial charge in [-0.15, -0.1) is 0 Å². The third kappa shape index (κ3) is 18.8. The van der Waals surface area contributed by atoms with Gasteiger partial charge in [0.2, 0.25) is 47.3 Å². The number of carbonyl (C=O) groups is 9. The fourth-order valence-corrected chi connectivity index (χ4v) is 6.75. The van der Waals surface area contributed by atoms with Gasteiger partial charge in [-0.2, -0.15) is 37.9 Å². The number of hydrogen-bond donors (Lipinski definition) is 14. The van der Waals surface area contributed by atoms with Crippen molar-refractivity contribution in [3.05, 3.63) is 0 Å². The summed E-state index contributed by atoms with van der Waals surface area (Å²) in [6.07, 6.45) is 3.46. The van der Waals surface area contributed by atoms with Gasteiger partial charge in [0.05, 0.1) is 12.6 Å². The number of unbranched alkanes of at least 4 members (excludes halogenated alkanes) is 2. The SMILES string of the molecule is CC[C@H](C)[C@H](NC(=O)CNC(=O)[C@@H]1CCCN1C(=O)[C@@H](N)CS)C(=O)N[C@@H](CCCCN)C(=O)N[C@@H](CCCCN)C(=O)N[C@@H](CS)C(=O)N[C@@H](CS)C(=O)NCC(=O)O. The number of nitrogens with two attached hydrogens (primary N) is 3. The van der Waals surface area contributed by atoms with Crippen LogP contribution in [0.1, 0.15) is 71.6 Å². The lowest BCUT2D eigenvalue weighted by atomic mass is 9.97. The van der Waals surface area contributed by atoms with Crippen molar-refractivity contribution in [1.82, 2.24) is 42.1 Å². The molecule has 0 spiro atoms. The van der Waals surface area contributed by atoms with E-state index in [0.29, 0.717) is 64.6 Å². The Morgan fingerprint density at radius 2 is 1.18 bits per heavy atom. The average Bonchev–Trinajstić information content (AvgIpc) is 3.73. The van der Waals surface area contributed by atoms with E-state index in [1.165, 1.54) is 4.90 Å². The first-order valence-corrected chi connectivity index (χ1v) is 22.0. The zero-order valence-corrected chi connectivity index (χ0v) is 37.0. The van der Waals surface area contributed by atoms with Crippen LogP contribution in [0, 0.1) is 5.92 Å². The van der Waals surface area contributed by atoms with Gasteiger partial charge in [0.25, 0.3) is 0 Å². The maximum Gasteiger partial charge on any atom is 0.322 e. The van der Waals surface area contributed by atoms with E-state index in [4.69, 9.17) is 22.3 Å². The van der Waals surface area contributed by atoms with Gasteiger partial charge in [-0.05, 0) is 70.4 Å². The smallest absolute Gasteiger partial charge is 0.322 e. The first-order chi connectivity index (χ1) is 28.5. The molecule has 0 radical (unpaired) electrons. The molecule has 1 heterocycles. The minimum Gasteiger partial charge on any atom is -0.480 e. The number of hydrogen-bond acceptors (Lipinski definition) is 15. The molecule has 0 aromatic carbocycles. The Hall–Kier alpha value is -3.84. The van der Waals surface area contributed by atoms with Crippen LogP contribution in [0.4, 0.5) is 0 Å². The number of nitrogens with zero attached hydrogens (tertiary/aromatic N) is 1. The number of thiol groups is 3. The Morgan fingerprint density at radius 3 is 1.67 bits per heavy atom. The molecule has 0 aliphatic carbocycles. The van der Waals surface area contributed by atoms with Gasteiger partial charge < -0.3 is 64.4 Å². The van der Waals surface area contributed by atoms with E-state index >= 15 is 0 Å². The molecule has 0 unspecified atom stereocenters. The summed E-state index contributed by atoms with van der Waals surface area (Å²) in [5.74, 6) is -7.46. The van der Waals surface area contributed by atoms with Crippen LogP contribution in [0.5, 0.6) is 0 Å². The molecule has 1 saturated heterocycles. The molecule has 14 N–H and O–H groups in total. The van der Waals surface area contributed by atoms with E-state index in [9.17, 15) is 43.2 Å². The number of carbonyl (C=O) groups excluding carboxylic acids is 8. The third-order valence-electron chi connectivity index (χ3n) is 9.79. The Bertz CT molecular complexity index is 1470. The number of nitrogens with one attached hydrogen (secondary N) is 7. The van der Waals surface area contributed by atoms with Crippen LogP contribution >= 0.6 is 37.9 Å². The van der Waals surface area contributed by atoms with Crippen LogP contribution in [0.3, 0.4) is 0 Å². The standard InChI is InChI=1S/C36H65N11O10S3/c1-3-20(2)29(46-27(48)15-40-34(55)26-11-8-14-47(26)36(57)21(39)17-58)35(56)43-23(10-5-7-13-38)31(52)42-22(9-4-6-12-37)32(53)45-25(19-60)33(54)44-24(18-59)30(51)41-16-28(49)50/h20-26,29,58-60H,3-19,37-39H2,1-2H3,(H,40,55)(H,41,51)(H,42,52)(H,43,56)(H,44,54)(H,45,53)(H,46,48)(H,49,50)/t20-,21-,22-,23-,24-,25-,26-,29-/m0/s1. The number of carboxylic acids is 1. The summed E-state index contributed by atoms with van der Waals surface area (Å²) < 4.78 is 0. The number of likely N-dealkylation sites (tertiary alicyclic amines) is 1. The molecule has 8 amide bonds. The molecule has 60 heavy (non-hydrogen) atoms. The first kappa shape index (κ1) is 54.2. The second-order valence-corrected chi connectivity index (χ2v) is 15.5. The highest BCUT2D eigenvalue weighted by Crippen LogP contribution is 2.18. The molecule has 21 nitrogen and oxygen atoms in total. The van der Waals surface area contributed by atoms with Crippen LogP contribution < -0.4 is 54.4 Å². The Balaban J connectivity index is 3.14. The van der Waals surface area contributed by atoms with Crippen molar-refractivity contribution in [2.24, 2.45) is 23.1 Å². The molecule has 0 aromatic rings. The van der Waals surface area contributed by atoms with Crippen molar-refractivity contribution < 1.29 is 48.3 Å². The number of rotatable bonds is 29. The van der Waals surface area contributed by atoms with Gasteiger partial charge in [0.1, 0.15) is 42.8 Å². The van der Waals surface area contributed by atoms with Gasteiger partial charge in [0, 0.05) is 23.8 Å². The second kappa shape index (κ2) is 29.4. The molecule has 0 saturated carbocycles. The summed E-state index contributed by atoms with van der Waals surface area (Å²) in [6.45, 7) is 3.30. The van der Waals surface area contributed by atoms with E-state index in [1.807, 2.05) is 0 Å². The topological polar surface area (TPSA) is 339 Å². The molecule has 8 atom stereocenters. The van der Waals surface area contributed by atoms with Gasteiger partial charge in [-0.3, -0.25) is 43.2 Å². The van der Waals surface area contributed by atoms with E-state index in [2.05, 4.69) is 75.1 Å². The predicted molar refractivity (Wildman–Crippen MR) is 233 cm³/mol. The van der Waals surface area contributed by atoms with Gasteiger partial charge >= 0.3 is 5.97 Å². The molecule has 1 aliphatic heterocycles. The average molecular weight is 908 g/mol. The second-order valence-electron chi connectivity index (χ2n) is 14.4. The van der Waals surface area contributed by atoms with Crippen LogP contribution in [0.15, 0.2) is 0 Å². The first-order valence-electron chi connectivity index (χ1n) is 20.1. The molecule has 1 aliphatic rings. The minimum atomic E-state index is -1.30. The third-order valence-corrected chi connectivity index (χ3v) is 10.9. The normalized spacial score (nSPS) is 17.1. The largest absolute Gasteiger partial charge is 0.480 e. The van der Waals surface area contributed by atoms with Crippen molar-refractivity contribution in [3.63, 3.8) is 0 Å². The van der Waals surface area contributed by atoms with Crippen LogP contribution in [-0.4, -0.2) is 156 Å². The molecule has 342 valence electrons. The van der Waals surface area contributed by atoms with E-state index in [-0.39, 0.29) is 30.1 Å². The van der Waals surface area contributed by atoms with Gasteiger partial charge in [-0.1, -0.05) is 20.3 Å². The Morgan fingerprint density at radius 1 is 0.683 bits per heavy atom. The molecule has 0 bridgehead atoms. The molecule has 1 fully saturated rings. The predicted octanol–water partition coefficient (Wildman–Crippen LogP) is -3.86. The summed E-state index contributed by atoms with van der Waals surface area (Å²) in [5.41, 5.74) is 17.2. The lowest BCUT2D eigenvalue weighted by molar-refractivity contribution is -0.139. The minimum absolute atomic E-state index is 0.0993. The summed E-state index contributed by atoms with van der Waals surface area (Å²) in [4.78, 5) is 118. The van der Waals surface area contributed by atoms with E-state index < -0.39 is 115 Å². The Kier molecular flexibility index (Phi) is 26.6. The van der Waals surface area contributed by atoms with Crippen LogP contribution in [-0.2, 0) is 43.2 Å². The van der Waals surface area contributed by atoms with Crippen molar-refractivity contribution in [3.8, 4) is 0 Å². The van der Waals surface area contributed by atoms with Gasteiger partial charge in [-0.25, -0.2) is 0 Å². The molecular formula is C36H65N11O10S3. The lowest BCUT2D eigenvalue weighted by Crippen LogP contribution is -2.60. The van der Waals surface area contributed by atoms with Crippen molar-refractivity contribution in [2.75, 3.05) is 50.0 Å². The summed E-state index contributed by atoms with van der Waals surface area (Å²) in [7, 11) is 0. The van der Waals surface area contributed by atoms with Crippen LogP contribution in [0.2, 0.25) is 0 Å². The number of aliphatic carboxylic acids is 1. The Labute approximate surface area is 367 Å². The number of carboxylic acid groups (broad SMARTS) is 1. The fourth-order valence-electron chi connectivity index (χ4n) is 6.08. The highest BCUT2D eigenvalue weighted by atomic mass is 32.1. The molecule has 0 aromatic heterocycles. The van der Waals surface area contributed by atoms with E-state index in [1.54, 1.807) is 13.8 Å². The summed E-state index contributed by atoms with van der Waals surface area (Å²) in [6, 6.07) is -7.73. The van der Waals surface area contributed by atoms with Crippen molar-refractivity contribution in [1.29, 1.82) is 0 Å². The van der Waals surface area contributed by atoms with E-state index in [0.717, 1.165) is 0 Å². The van der Waals surface area contributed by atoms with Crippen molar-refractivity contribution >= 4 is 91.1 Å². The quantitative estimate of drug-likeness (QED) is 0.0253. The molecule has 1 rings (SSSR count). The lowest BCUT2D eigenvalue weighted by Gasteiger charge is -2.28. The summed E-state index contributed by atoms with van der Waals surface area (Å²) in [5, 5.41) is 26.5. The zero-order chi connectivity index (χ0) is 45.4. The summed E-state index contributed by atoms with van der Waals surface area (Å²) >= 11 is 12.3. The van der Waals surface area contributed by atoms with Gasteiger partial charge in [0.15, 0.2) is 0 Å². The highest BCUT2D eigenvalue weighted by Gasteiger charge is 2.37. The fraction of sp³-hybridized carbons (Fsp3) is 0.750.